The second-order valence-corrected chi connectivity index (χ2v) is 5.91. The zero-order valence-corrected chi connectivity index (χ0v) is 11.7. The molecule has 0 radical (unpaired) electrons. The van der Waals surface area contributed by atoms with Crippen molar-refractivity contribution < 1.29 is 0 Å². The maximum Gasteiger partial charge on any atom is 0.0743 e. The number of hydrogen-bond donors (Lipinski definition) is 1. The Kier molecular flexibility index (Phi) is 5.70. The number of rotatable bonds is 8. The molecule has 3 heteroatoms. The van der Waals surface area contributed by atoms with Crippen LogP contribution in [0.15, 0.2) is 0 Å². The molecule has 0 bridgehead atoms. The second-order valence-electron chi connectivity index (χ2n) is 5.38. The fourth-order valence-corrected chi connectivity index (χ4v) is 2.40. The van der Waals surface area contributed by atoms with Crippen molar-refractivity contribution in [3.63, 3.8) is 0 Å². The molecule has 1 saturated carbocycles. The molecule has 1 unspecified atom stereocenters. The summed E-state index contributed by atoms with van der Waals surface area (Å²) in [7, 11) is 0. The third-order valence-corrected chi connectivity index (χ3v) is 3.52. The Labute approximate surface area is 106 Å². The van der Waals surface area contributed by atoms with Crippen LogP contribution in [0.3, 0.4) is 0 Å². The van der Waals surface area contributed by atoms with Gasteiger partial charge in [0.15, 0.2) is 0 Å². The highest BCUT2D eigenvalue weighted by molar-refractivity contribution is 7.80. The van der Waals surface area contributed by atoms with Gasteiger partial charge in [-0.25, -0.2) is 0 Å². The number of thiocarbonyl (C=S) groups is 1. The first-order chi connectivity index (χ1) is 7.54. The predicted molar refractivity (Wildman–Crippen MR) is 74.7 cm³/mol. The van der Waals surface area contributed by atoms with Crippen LogP contribution in [-0.2, 0) is 0 Å². The summed E-state index contributed by atoms with van der Waals surface area (Å²) in [5.74, 6) is 0.781. The second kappa shape index (κ2) is 6.55. The van der Waals surface area contributed by atoms with E-state index < -0.39 is 0 Å². The highest BCUT2D eigenvalue weighted by Crippen LogP contribution is 2.31. The van der Waals surface area contributed by atoms with Gasteiger partial charge in [-0.15, -0.1) is 0 Å². The van der Waals surface area contributed by atoms with Gasteiger partial charge in [-0.2, -0.15) is 0 Å². The minimum atomic E-state index is 0.573. The van der Waals surface area contributed by atoms with Gasteiger partial charge in [-0.3, -0.25) is 4.90 Å². The minimum Gasteiger partial charge on any atom is -0.393 e. The van der Waals surface area contributed by atoms with Gasteiger partial charge in [-0.1, -0.05) is 33.0 Å². The molecule has 0 amide bonds. The summed E-state index contributed by atoms with van der Waals surface area (Å²) in [4.78, 5) is 3.32. The first-order valence-electron chi connectivity index (χ1n) is 6.58. The van der Waals surface area contributed by atoms with Crippen LogP contribution < -0.4 is 5.73 Å². The number of nitrogens with zero attached hydrogens (tertiary/aromatic N) is 1. The van der Waals surface area contributed by atoms with Crippen LogP contribution in [0.25, 0.3) is 0 Å². The maximum atomic E-state index is 5.69. The van der Waals surface area contributed by atoms with Gasteiger partial charge in [0.05, 0.1) is 4.99 Å². The lowest BCUT2D eigenvalue weighted by atomic mass is 10.1. The summed E-state index contributed by atoms with van der Waals surface area (Å²) in [6, 6.07) is 1.39. The molecule has 1 rings (SSSR count). The van der Waals surface area contributed by atoms with E-state index in [-0.39, 0.29) is 0 Å². The van der Waals surface area contributed by atoms with Gasteiger partial charge in [-0.05, 0) is 38.1 Å². The lowest BCUT2D eigenvalue weighted by Crippen LogP contribution is -2.40. The monoisotopic (exact) mass is 242 g/mol. The van der Waals surface area contributed by atoms with E-state index in [1.165, 1.54) is 25.8 Å². The van der Waals surface area contributed by atoms with E-state index in [4.69, 9.17) is 18.0 Å². The fraction of sp³-hybridized carbons (Fsp3) is 0.923. The van der Waals surface area contributed by atoms with Crippen molar-refractivity contribution in [3.8, 4) is 0 Å². The Morgan fingerprint density at radius 3 is 2.44 bits per heavy atom. The predicted octanol–water partition coefficient (Wildman–Crippen LogP) is 2.95. The molecule has 94 valence electrons. The van der Waals surface area contributed by atoms with E-state index >= 15 is 0 Å². The van der Waals surface area contributed by atoms with Crippen molar-refractivity contribution in [2.75, 3.05) is 6.54 Å². The summed E-state index contributed by atoms with van der Waals surface area (Å²) in [6.07, 6.45) is 6.06. The lowest BCUT2D eigenvalue weighted by Gasteiger charge is -2.31. The molecule has 0 aromatic carbocycles. The topological polar surface area (TPSA) is 29.3 Å². The van der Waals surface area contributed by atoms with E-state index in [1.54, 1.807) is 0 Å². The molecule has 0 aromatic heterocycles. The molecule has 1 atom stereocenters. The molecule has 2 N–H and O–H groups in total. The summed E-state index contributed by atoms with van der Waals surface area (Å²) in [5, 5.41) is 0. The lowest BCUT2D eigenvalue weighted by molar-refractivity contribution is 0.175. The SMILES string of the molecule is CCC(CC(N)=S)N(CCC(C)C)C1CC1. The van der Waals surface area contributed by atoms with Crippen LogP contribution in [0.5, 0.6) is 0 Å². The van der Waals surface area contributed by atoms with Gasteiger partial charge in [0.2, 0.25) is 0 Å². The normalized spacial score (nSPS) is 18.1. The Hall–Kier alpha value is -0.150. The number of hydrogen-bond acceptors (Lipinski definition) is 2. The smallest absolute Gasteiger partial charge is 0.0743 e. The highest BCUT2D eigenvalue weighted by Gasteiger charge is 2.32. The van der Waals surface area contributed by atoms with Gasteiger partial charge >= 0.3 is 0 Å². The van der Waals surface area contributed by atoms with Crippen molar-refractivity contribution in [2.45, 2.75) is 65.0 Å². The van der Waals surface area contributed by atoms with Gasteiger partial charge in [0.25, 0.3) is 0 Å². The quantitative estimate of drug-likeness (QED) is 0.664. The molecule has 1 aliphatic carbocycles. The molecule has 0 heterocycles. The summed E-state index contributed by atoms with van der Waals surface area (Å²) < 4.78 is 0. The Morgan fingerprint density at radius 2 is 2.06 bits per heavy atom. The third kappa shape index (κ3) is 4.79. The van der Waals surface area contributed by atoms with E-state index in [1.807, 2.05) is 0 Å². The largest absolute Gasteiger partial charge is 0.393 e. The first-order valence-corrected chi connectivity index (χ1v) is 6.99. The Bertz CT molecular complexity index is 224. The van der Waals surface area contributed by atoms with Gasteiger partial charge < -0.3 is 5.73 Å². The van der Waals surface area contributed by atoms with Gasteiger partial charge in [0, 0.05) is 18.5 Å². The molecule has 16 heavy (non-hydrogen) atoms. The molecule has 0 spiro atoms. The van der Waals surface area contributed by atoms with E-state index in [0.29, 0.717) is 11.0 Å². The molecule has 0 aliphatic heterocycles. The van der Waals surface area contributed by atoms with Crippen LogP contribution in [0.2, 0.25) is 0 Å². The van der Waals surface area contributed by atoms with E-state index in [0.717, 1.165) is 24.8 Å². The highest BCUT2D eigenvalue weighted by atomic mass is 32.1. The summed E-state index contributed by atoms with van der Waals surface area (Å²) in [6.45, 7) is 8.04. The van der Waals surface area contributed by atoms with Crippen LogP contribution >= 0.6 is 12.2 Å². The van der Waals surface area contributed by atoms with Crippen molar-refractivity contribution in [2.24, 2.45) is 11.7 Å². The summed E-state index contributed by atoms with van der Waals surface area (Å²) in [5.41, 5.74) is 5.69. The molecular formula is C13H26N2S. The molecule has 1 aliphatic rings. The zero-order chi connectivity index (χ0) is 12.1. The van der Waals surface area contributed by atoms with Crippen molar-refractivity contribution >= 4 is 17.2 Å². The molecule has 0 aromatic rings. The zero-order valence-electron chi connectivity index (χ0n) is 10.9. The Morgan fingerprint density at radius 1 is 1.44 bits per heavy atom. The van der Waals surface area contributed by atoms with Crippen molar-refractivity contribution in [1.29, 1.82) is 0 Å². The van der Waals surface area contributed by atoms with Crippen LogP contribution in [0.1, 0.15) is 52.9 Å². The maximum absolute atomic E-state index is 5.69. The van der Waals surface area contributed by atoms with E-state index in [2.05, 4.69) is 25.7 Å². The molecular weight excluding hydrogens is 216 g/mol. The number of nitrogens with two attached hydrogens (primary N) is 1. The standard InChI is InChI=1S/C13H26N2S/c1-4-11(9-13(14)16)15(12-5-6-12)8-7-10(2)3/h10-12H,4-9H2,1-3H3,(H2,14,16). The Balaban J connectivity index is 2.48. The van der Waals surface area contributed by atoms with Crippen LogP contribution in [-0.4, -0.2) is 28.5 Å². The average Bonchev–Trinajstić information content (AvgIpc) is 2.99. The van der Waals surface area contributed by atoms with Crippen molar-refractivity contribution in [3.05, 3.63) is 0 Å². The van der Waals surface area contributed by atoms with Gasteiger partial charge in [0.1, 0.15) is 0 Å². The third-order valence-electron chi connectivity index (χ3n) is 3.36. The van der Waals surface area contributed by atoms with E-state index in [9.17, 15) is 0 Å². The minimum absolute atomic E-state index is 0.573. The van der Waals surface area contributed by atoms with Crippen LogP contribution in [0.4, 0.5) is 0 Å². The summed E-state index contributed by atoms with van der Waals surface area (Å²) >= 11 is 5.05. The molecule has 0 saturated heterocycles. The first kappa shape index (κ1) is 13.9. The molecule has 1 fully saturated rings. The fourth-order valence-electron chi connectivity index (χ4n) is 2.21. The van der Waals surface area contributed by atoms with Crippen molar-refractivity contribution in [1.82, 2.24) is 4.90 Å². The average molecular weight is 242 g/mol. The molecule has 2 nitrogen and oxygen atoms in total. The van der Waals surface area contributed by atoms with Crippen LogP contribution in [0, 0.1) is 5.92 Å².